The number of carbonyl (C=O) groups excluding carboxylic acids is 2. The molecule has 0 saturated carbocycles. The number of piperazine rings is 1. The van der Waals surface area contributed by atoms with Crippen molar-refractivity contribution in [2.75, 3.05) is 37.7 Å². The number of nitrogens with zero attached hydrogens (tertiary/aromatic N) is 3. The fourth-order valence-corrected chi connectivity index (χ4v) is 4.31. The fraction of sp³-hybridized carbons (Fsp3) is 0.348. The molecule has 0 aromatic heterocycles. The van der Waals surface area contributed by atoms with Crippen molar-refractivity contribution in [2.45, 2.75) is 13.0 Å². The third kappa shape index (κ3) is 4.84. The number of hydrogen-bond donors (Lipinski definition) is 1. The van der Waals surface area contributed by atoms with Gasteiger partial charge in [-0.25, -0.2) is 4.99 Å². The van der Waals surface area contributed by atoms with Crippen LogP contribution in [0.25, 0.3) is 0 Å². The van der Waals surface area contributed by atoms with Crippen LogP contribution in [-0.2, 0) is 14.3 Å². The first kappa shape index (κ1) is 22.4. The zero-order valence-electron chi connectivity index (χ0n) is 17.6. The van der Waals surface area contributed by atoms with E-state index < -0.39 is 23.8 Å². The highest BCUT2D eigenvalue weighted by atomic mass is 35.5. The summed E-state index contributed by atoms with van der Waals surface area (Å²) in [5.74, 6) is -1.60. The lowest BCUT2D eigenvalue weighted by Crippen LogP contribution is -2.57. The molecular weight excluding hydrogens is 451 g/mol. The van der Waals surface area contributed by atoms with Gasteiger partial charge in [0.2, 0.25) is 11.9 Å². The first-order chi connectivity index (χ1) is 15.5. The smallest absolute Gasteiger partial charge is 0.321 e. The quantitative estimate of drug-likeness (QED) is 0.541. The van der Waals surface area contributed by atoms with Crippen molar-refractivity contribution in [1.82, 2.24) is 10.2 Å². The van der Waals surface area contributed by atoms with Crippen LogP contribution in [0.5, 0.6) is 0 Å². The van der Waals surface area contributed by atoms with E-state index in [-0.39, 0.29) is 6.61 Å². The first-order valence-electron chi connectivity index (χ1n) is 10.5. The van der Waals surface area contributed by atoms with Gasteiger partial charge in [0.25, 0.3) is 0 Å². The van der Waals surface area contributed by atoms with Crippen LogP contribution in [0.1, 0.15) is 18.5 Å². The predicted molar refractivity (Wildman–Crippen MR) is 125 cm³/mol. The van der Waals surface area contributed by atoms with E-state index in [1.54, 1.807) is 25.1 Å². The largest absolute Gasteiger partial charge is 0.465 e. The molecule has 0 aliphatic carbocycles. The Morgan fingerprint density at radius 2 is 1.75 bits per heavy atom. The predicted octanol–water partition coefficient (Wildman–Crippen LogP) is 3.52. The van der Waals surface area contributed by atoms with Gasteiger partial charge in [0.05, 0.1) is 6.61 Å². The summed E-state index contributed by atoms with van der Waals surface area (Å²) in [6.07, 6.45) is 0. The molecule has 0 spiro atoms. The van der Waals surface area contributed by atoms with Crippen LogP contribution < -0.4 is 10.2 Å². The average molecular weight is 475 g/mol. The first-order valence-corrected chi connectivity index (χ1v) is 11.3. The van der Waals surface area contributed by atoms with Crippen molar-refractivity contribution < 1.29 is 14.3 Å². The Bertz CT molecular complexity index is 1020. The van der Waals surface area contributed by atoms with Gasteiger partial charge in [0.15, 0.2) is 5.92 Å². The summed E-state index contributed by atoms with van der Waals surface area (Å²) in [5.41, 5.74) is 1.80. The Balaban J connectivity index is 1.56. The number of rotatable bonds is 4. The lowest BCUT2D eigenvalue weighted by Gasteiger charge is -2.39. The SMILES string of the molecule is CCOC(=O)[C@H]1C(=O)NC(N2CCN(c3ccc(Cl)cc3)CC2)=N[C@H]1c1cccc(Cl)c1. The maximum absolute atomic E-state index is 13.0. The number of aliphatic imine (C=N–C) groups is 1. The zero-order valence-corrected chi connectivity index (χ0v) is 19.1. The molecule has 1 fully saturated rings. The summed E-state index contributed by atoms with van der Waals surface area (Å²) in [6, 6.07) is 14.1. The normalized spacial score (nSPS) is 21.1. The molecule has 2 atom stereocenters. The second-order valence-corrected chi connectivity index (χ2v) is 8.49. The van der Waals surface area contributed by atoms with Crippen LogP contribution in [0.15, 0.2) is 53.5 Å². The summed E-state index contributed by atoms with van der Waals surface area (Å²) in [5, 5.41) is 4.04. The number of benzene rings is 2. The Hall–Kier alpha value is -2.77. The molecule has 1 amide bonds. The van der Waals surface area contributed by atoms with Crippen LogP contribution >= 0.6 is 23.2 Å². The molecule has 9 heteroatoms. The molecule has 32 heavy (non-hydrogen) atoms. The molecule has 2 aliphatic heterocycles. The molecule has 2 aliphatic rings. The molecule has 2 aromatic carbocycles. The molecule has 2 aromatic rings. The Morgan fingerprint density at radius 1 is 1.06 bits per heavy atom. The molecular formula is C23H24Cl2N4O3. The minimum Gasteiger partial charge on any atom is -0.465 e. The van der Waals surface area contributed by atoms with Crippen LogP contribution in [0.2, 0.25) is 10.0 Å². The minimum absolute atomic E-state index is 0.189. The topological polar surface area (TPSA) is 74.2 Å². The number of ether oxygens (including phenoxy) is 1. The van der Waals surface area contributed by atoms with Gasteiger partial charge < -0.3 is 14.5 Å². The second kappa shape index (κ2) is 9.79. The van der Waals surface area contributed by atoms with Gasteiger partial charge in [-0.05, 0) is 48.9 Å². The van der Waals surface area contributed by atoms with Crippen LogP contribution in [0.3, 0.4) is 0 Å². The molecule has 168 valence electrons. The van der Waals surface area contributed by atoms with E-state index in [0.717, 1.165) is 18.8 Å². The lowest BCUT2D eigenvalue weighted by atomic mass is 9.91. The average Bonchev–Trinajstić information content (AvgIpc) is 2.79. The van der Waals surface area contributed by atoms with Crippen LogP contribution in [0, 0.1) is 5.92 Å². The van der Waals surface area contributed by atoms with E-state index in [4.69, 9.17) is 32.9 Å². The van der Waals surface area contributed by atoms with Crippen molar-refractivity contribution in [2.24, 2.45) is 10.9 Å². The lowest BCUT2D eigenvalue weighted by molar-refractivity contribution is -0.153. The summed E-state index contributed by atoms with van der Waals surface area (Å²) in [4.78, 5) is 34.6. The molecule has 4 rings (SSSR count). The van der Waals surface area contributed by atoms with Crippen molar-refractivity contribution in [1.29, 1.82) is 0 Å². The number of halogens is 2. The van der Waals surface area contributed by atoms with Crippen molar-refractivity contribution >= 4 is 46.7 Å². The van der Waals surface area contributed by atoms with Crippen molar-refractivity contribution in [3.8, 4) is 0 Å². The van der Waals surface area contributed by atoms with Gasteiger partial charge in [-0.3, -0.25) is 14.9 Å². The second-order valence-electron chi connectivity index (χ2n) is 7.62. The summed E-state index contributed by atoms with van der Waals surface area (Å²) < 4.78 is 5.15. The molecule has 2 heterocycles. The van der Waals surface area contributed by atoms with Gasteiger partial charge in [0, 0.05) is 41.9 Å². The standard InChI is InChI=1S/C23H24Cl2N4O3/c1-2-32-22(31)19-20(15-4-3-5-17(25)14-15)26-23(27-21(19)30)29-12-10-28(11-13-29)18-8-6-16(24)7-9-18/h3-9,14,19-20H,2,10-13H2,1H3,(H,26,27,30)/t19-,20+/m1/s1. The van der Waals surface area contributed by atoms with Crippen molar-refractivity contribution in [3.05, 3.63) is 64.1 Å². The fourth-order valence-electron chi connectivity index (χ4n) is 3.98. The third-order valence-corrected chi connectivity index (χ3v) is 6.08. The number of esters is 1. The highest BCUT2D eigenvalue weighted by Gasteiger charge is 2.42. The Labute approximate surface area is 196 Å². The minimum atomic E-state index is -1.06. The number of guanidine groups is 1. The maximum Gasteiger partial charge on any atom is 0.321 e. The Kier molecular flexibility index (Phi) is 6.86. The number of anilines is 1. The van der Waals surface area contributed by atoms with Gasteiger partial charge in [-0.2, -0.15) is 0 Å². The maximum atomic E-state index is 13.0. The van der Waals surface area contributed by atoms with Crippen LogP contribution in [0.4, 0.5) is 5.69 Å². The molecule has 1 saturated heterocycles. The highest BCUT2D eigenvalue weighted by molar-refractivity contribution is 6.31. The van der Waals surface area contributed by atoms with E-state index in [9.17, 15) is 9.59 Å². The summed E-state index contributed by atoms with van der Waals surface area (Å²) in [7, 11) is 0. The number of nitrogens with one attached hydrogen (secondary N) is 1. The van der Waals surface area contributed by atoms with Gasteiger partial charge in [0.1, 0.15) is 6.04 Å². The summed E-state index contributed by atoms with van der Waals surface area (Å²) in [6.45, 7) is 4.78. The number of hydrogen-bond acceptors (Lipinski definition) is 6. The molecule has 7 nitrogen and oxygen atoms in total. The summed E-state index contributed by atoms with van der Waals surface area (Å²) >= 11 is 12.2. The van der Waals surface area contributed by atoms with E-state index in [1.807, 2.05) is 35.2 Å². The molecule has 0 radical (unpaired) electrons. The van der Waals surface area contributed by atoms with E-state index in [1.165, 1.54) is 0 Å². The monoisotopic (exact) mass is 474 g/mol. The van der Waals surface area contributed by atoms with E-state index in [2.05, 4.69) is 10.2 Å². The molecule has 0 bridgehead atoms. The van der Waals surface area contributed by atoms with Crippen molar-refractivity contribution in [3.63, 3.8) is 0 Å². The molecule has 0 unspecified atom stereocenters. The van der Waals surface area contributed by atoms with Gasteiger partial charge >= 0.3 is 5.97 Å². The highest BCUT2D eigenvalue weighted by Crippen LogP contribution is 2.32. The van der Waals surface area contributed by atoms with Gasteiger partial charge in [-0.1, -0.05) is 35.3 Å². The van der Waals surface area contributed by atoms with E-state index >= 15 is 0 Å². The number of carbonyl (C=O) groups is 2. The number of amides is 1. The van der Waals surface area contributed by atoms with Crippen LogP contribution in [-0.4, -0.2) is 55.5 Å². The third-order valence-electron chi connectivity index (χ3n) is 5.60. The molecule has 1 N–H and O–H groups in total. The van der Waals surface area contributed by atoms with E-state index in [0.29, 0.717) is 34.7 Å². The Morgan fingerprint density at radius 3 is 2.41 bits per heavy atom. The zero-order chi connectivity index (χ0) is 22.7. The van der Waals surface area contributed by atoms with Gasteiger partial charge in [-0.15, -0.1) is 0 Å².